The SMILES string of the molecule is C=C1NC(=O)N[C@@H](c2ccc([N+](=O)[O-])o2)[C@H]1C(=O)OCC. The number of hydrogen-bond acceptors (Lipinski definition) is 6. The predicted molar refractivity (Wildman–Crippen MR) is 69.0 cm³/mol. The number of amides is 2. The van der Waals surface area contributed by atoms with Gasteiger partial charge in [0.05, 0.1) is 12.7 Å². The van der Waals surface area contributed by atoms with E-state index in [9.17, 15) is 19.7 Å². The third-order valence-corrected chi connectivity index (χ3v) is 2.91. The normalized spacial score (nSPS) is 21.4. The van der Waals surface area contributed by atoms with Crippen LogP contribution in [0.3, 0.4) is 0 Å². The highest BCUT2D eigenvalue weighted by Gasteiger charge is 2.41. The Labute approximate surface area is 119 Å². The third kappa shape index (κ3) is 2.86. The molecule has 1 fully saturated rings. The molecule has 0 unspecified atom stereocenters. The number of nitrogens with one attached hydrogen (secondary N) is 2. The molecule has 2 heterocycles. The summed E-state index contributed by atoms with van der Waals surface area (Å²) in [6.45, 7) is 5.41. The molecule has 0 bridgehead atoms. The van der Waals surface area contributed by atoms with Crippen LogP contribution in [0, 0.1) is 16.0 Å². The van der Waals surface area contributed by atoms with E-state index in [-0.39, 0.29) is 18.1 Å². The number of hydrogen-bond donors (Lipinski definition) is 2. The first-order valence-electron chi connectivity index (χ1n) is 6.11. The first-order valence-corrected chi connectivity index (χ1v) is 6.11. The van der Waals surface area contributed by atoms with E-state index in [4.69, 9.17) is 9.15 Å². The average molecular weight is 295 g/mol. The van der Waals surface area contributed by atoms with Crippen molar-refractivity contribution in [1.29, 1.82) is 0 Å². The van der Waals surface area contributed by atoms with Gasteiger partial charge in [-0.2, -0.15) is 0 Å². The van der Waals surface area contributed by atoms with E-state index in [1.807, 2.05) is 0 Å². The highest BCUT2D eigenvalue weighted by molar-refractivity contribution is 5.85. The number of nitrogens with zero attached hydrogens (tertiary/aromatic N) is 1. The van der Waals surface area contributed by atoms with Crippen molar-refractivity contribution in [2.75, 3.05) is 6.61 Å². The Morgan fingerprint density at radius 1 is 1.57 bits per heavy atom. The van der Waals surface area contributed by atoms with Crippen molar-refractivity contribution in [3.05, 3.63) is 40.3 Å². The zero-order valence-corrected chi connectivity index (χ0v) is 11.1. The Bertz CT molecular complexity index is 608. The van der Waals surface area contributed by atoms with Gasteiger partial charge in [0.25, 0.3) is 0 Å². The smallest absolute Gasteiger partial charge is 0.433 e. The fraction of sp³-hybridized carbons (Fsp3) is 0.333. The molecular formula is C12H13N3O6. The molecule has 2 rings (SSSR count). The maximum absolute atomic E-state index is 12.0. The van der Waals surface area contributed by atoms with Gasteiger partial charge in [0, 0.05) is 5.70 Å². The van der Waals surface area contributed by atoms with Crippen molar-refractivity contribution in [1.82, 2.24) is 10.6 Å². The summed E-state index contributed by atoms with van der Waals surface area (Å²) in [4.78, 5) is 33.4. The number of nitro groups is 1. The molecule has 0 aliphatic carbocycles. The molecule has 1 aromatic rings. The van der Waals surface area contributed by atoms with Crippen LogP contribution in [-0.2, 0) is 9.53 Å². The monoisotopic (exact) mass is 295 g/mol. The lowest BCUT2D eigenvalue weighted by Gasteiger charge is -2.31. The van der Waals surface area contributed by atoms with Crippen LogP contribution >= 0.6 is 0 Å². The van der Waals surface area contributed by atoms with Crippen LogP contribution in [-0.4, -0.2) is 23.5 Å². The zero-order chi connectivity index (χ0) is 15.6. The van der Waals surface area contributed by atoms with Crippen LogP contribution in [0.15, 0.2) is 28.8 Å². The standard InChI is InChI=1S/C12H13N3O6/c1-3-20-11(16)9-6(2)13-12(17)14-10(9)7-4-5-8(21-7)15(18)19/h4-5,9-10H,2-3H2,1H3,(H2,13,14,17)/t9-,10-/m0/s1. The molecule has 9 nitrogen and oxygen atoms in total. The molecule has 2 amide bonds. The summed E-state index contributed by atoms with van der Waals surface area (Å²) in [5, 5.41) is 15.5. The minimum atomic E-state index is -0.937. The first-order chi connectivity index (χ1) is 9.93. The largest absolute Gasteiger partial charge is 0.465 e. The van der Waals surface area contributed by atoms with Gasteiger partial charge in [-0.15, -0.1) is 0 Å². The predicted octanol–water partition coefficient (Wildman–Crippen LogP) is 1.23. The number of urea groups is 1. The lowest BCUT2D eigenvalue weighted by Crippen LogP contribution is -2.51. The second-order valence-electron chi connectivity index (χ2n) is 4.26. The van der Waals surface area contributed by atoms with Gasteiger partial charge >= 0.3 is 17.9 Å². The van der Waals surface area contributed by atoms with Gasteiger partial charge in [-0.05, 0) is 13.0 Å². The minimum absolute atomic E-state index is 0.0794. The quantitative estimate of drug-likeness (QED) is 0.489. The summed E-state index contributed by atoms with van der Waals surface area (Å²) in [5.41, 5.74) is 0.140. The number of carbonyl (C=O) groups is 2. The molecular weight excluding hydrogens is 282 g/mol. The minimum Gasteiger partial charge on any atom is -0.465 e. The van der Waals surface area contributed by atoms with E-state index in [1.54, 1.807) is 6.92 Å². The van der Waals surface area contributed by atoms with E-state index < -0.39 is 34.8 Å². The Morgan fingerprint density at radius 2 is 2.29 bits per heavy atom. The molecule has 2 atom stereocenters. The van der Waals surface area contributed by atoms with E-state index in [1.165, 1.54) is 6.07 Å². The van der Waals surface area contributed by atoms with Gasteiger partial charge in [0.15, 0.2) is 0 Å². The van der Waals surface area contributed by atoms with Crippen molar-refractivity contribution in [3.8, 4) is 0 Å². The maximum Gasteiger partial charge on any atom is 0.433 e. The van der Waals surface area contributed by atoms with Gasteiger partial charge < -0.3 is 19.8 Å². The van der Waals surface area contributed by atoms with Crippen molar-refractivity contribution in [2.24, 2.45) is 5.92 Å². The van der Waals surface area contributed by atoms with E-state index in [0.29, 0.717) is 0 Å². The van der Waals surface area contributed by atoms with Crippen molar-refractivity contribution >= 4 is 17.9 Å². The maximum atomic E-state index is 12.0. The van der Waals surface area contributed by atoms with Crippen molar-refractivity contribution in [3.63, 3.8) is 0 Å². The van der Waals surface area contributed by atoms with Gasteiger partial charge in [0.2, 0.25) is 0 Å². The average Bonchev–Trinajstić information content (AvgIpc) is 2.87. The highest BCUT2D eigenvalue weighted by Crippen LogP contribution is 2.32. The molecule has 1 saturated heterocycles. The molecule has 9 heteroatoms. The van der Waals surface area contributed by atoms with E-state index >= 15 is 0 Å². The van der Waals surface area contributed by atoms with Crippen molar-refractivity contribution in [2.45, 2.75) is 13.0 Å². The van der Waals surface area contributed by atoms with Crippen LogP contribution < -0.4 is 10.6 Å². The van der Waals surface area contributed by atoms with Crippen LogP contribution in [0.2, 0.25) is 0 Å². The summed E-state index contributed by atoms with van der Waals surface area (Å²) in [5.74, 6) is -1.95. The van der Waals surface area contributed by atoms with Crippen LogP contribution in [0.5, 0.6) is 0 Å². The Morgan fingerprint density at radius 3 is 2.86 bits per heavy atom. The zero-order valence-electron chi connectivity index (χ0n) is 11.1. The summed E-state index contributed by atoms with van der Waals surface area (Å²) in [7, 11) is 0. The summed E-state index contributed by atoms with van der Waals surface area (Å²) in [6, 6.07) is 0.978. The number of rotatable bonds is 4. The molecule has 112 valence electrons. The van der Waals surface area contributed by atoms with Crippen molar-refractivity contribution < 1.29 is 23.7 Å². The van der Waals surface area contributed by atoms with E-state index in [0.717, 1.165) is 6.07 Å². The molecule has 21 heavy (non-hydrogen) atoms. The summed E-state index contributed by atoms with van der Waals surface area (Å²) >= 11 is 0. The topological polar surface area (TPSA) is 124 Å². The number of carbonyl (C=O) groups excluding carboxylic acids is 2. The fourth-order valence-corrected chi connectivity index (χ4v) is 2.04. The second kappa shape index (κ2) is 5.65. The molecule has 1 aliphatic heterocycles. The molecule has 0 saturated carbocycles. The molecule has 1 aromatic heterocycles. The van der Waals surface area contributed by atoms with Gasteiger partial charge in [0.1, 0.15) is 22.6 Å². The van der Waals surface area contributed by atoms with Gasteiger partial charge in [-0.3, -0.25) is 14.9 Å². The molecule has 1 aliphatic rings. The number of furan rings is 1. The first kappa shape index (κ1) is 14.6. The lowest BCUT2D eigenvalue weighted by atomic mass is 9.93. The molecule has 0 spiro atoms. The van der Waals surface area contributed by atoms with Crippen LogP contribution in [0.4, 0.5) is 10.7 Å². The Balaban J connectivity index is 2.34. The van der Waals surface area contributed by atoms with Crippen LogP contribution in [0.25, 0.3) is 0 Å². The van der Waals surface area contributed by atoms with Crippen LogP contribution in [0.1, 0.15) is 18.7 Å². The number of esters is 1. The Kier molecular flexibility index (Phi) is 3.92. The molecule has 0 aromatic carbocycles. The van der Waals surface area contributed by atoms with Gasteiger partial charge in [-0.1, -0.05) is 6.58 Å². The summed E-state index contributed by atoms with van der Waals surface area (Å²) < 4.78 is 9.98. The third-order valence-electron chi connectivity index (χ3n) is 2.91. The van der Waals surface area contributed by atoms with E-state index in [2.05, 4.69) is 17.2 Å². The lowest BCUT2D eigenvalue weighted by molar-refractivity contribution is -0.402. The van der Waals surface area contributed by atoms with Gasteiger partial charge in [-0.25, -0.2) is 4.79 Å². The Hall–Kier alpha value is -2.84. The second-order valence-corrected chi connectivity index (χ2v) is 4.26. The summed E-state index contributed by atoms with van der Waals surface area (Å²) in [6.07, 6.45) is 0. The molecule has 2 N–H and O–H groups in total. The number of ether oxygens (including phenoxy) is 1. The fourth-order valence-electron chi connectivity index (χ4n) is 2.04. The molecule has 0 radical (unpaired) electrons. The highest BCUT2D eigenvalue weighted by atomic mass is 16.6.